The van der Waals surface area contributed by atoms with E-state index in [4.69, 9.17) is 33.0 Å². The van der Waals surface area contributed by atoms with E-state index in [1.807, 2.05) is 13.8 Å². The summed E-state index contributed by atoms with van der Waals surface area (Å²) in [6, 6.07) is 8.56. The van der Waals surface area contributed by atoms with Gasteiger partial charge in [-0.05, 0) is 48.2 Å². The zero-order valence-electron chi connectivity index (χ0n) is 14.9. The highest BCUT2D eigenvalue weighted by Gasteiger charge is 2.36. The molecular weight excluding hydrogens is 419 g/mol. The van der Waals surface area contributed by atoms with Gasteiger partial charge in [-0.15, -0.1) is 0 Å². The number of aliphatic imine (C=N–C) groups is 1. The third-order valence-electron chi connectivity index (χ3n) is 4.02. The molecule has 0 saturated heterocycles. The fourth-order valence-corrected chi connectivity index (χ4v) is 4.08. The van der Waals surface area contributed by atoms with Crippen LogP contribution in [0.4, 0.5) is 0 Å². The van der Waals surface area contributed by atoms with Crippen molar-refractivity contribution in [1.29, 1.82) is 5.41 Å². The number of furan rings is 1. The Kier molecular flexibility index (Phi) is 4.91. The molecule has 2 aliphatic rings. The molecule has 2 aromatic rings. The van der Waals surface area contributed by atoms with Crippen molar-refractivity contribution in [3.05, 3.63) is 51.7 Å². The number of nitrogens with zero attached hydrogens (tertiary/aromatic N) is 3. The molecule has 3 heterocycles. The number of benzene rings is 1. The summed E-state index contributed by atoms with van der Waals surface area (Å²) in [7, 11) is 0. The topological polar surface area (TPSA) is 82.0 Å². The van der Waals surface area contributed by atoms with Crippen LogP contribution < -0.4 is 0 Å². The van der Waals surface area contributed by atoms with Gasteiger partial charge in [0.25, 0.3) is 5.91 Å². The first-order valence-corrected chi connectivity index (χ1v) is 9.95. The molecule has 2 aliphatic heterocycles. The number of rotatable bonds is 3. The highest BCUT2D eigenvalue weighted by Crippen LogP contribution is 2.32. The molecule has 0 spiro atoms. The molecule has 4 rings (SSSR count). The van der Waals surface area contributed by atoms with Crippen LogP contribution in [0.25, 0.3) is 17.4 Å². The first-order valence-electron chi connectivity index (χ1n) is 8.38. The van der Waals surface area contributed by atoms with Gasteiger partial charge < -0.3 is 4.42 Å². The number of halogens is 2. The Labute approximate surface area is 175 Å². The fourth-order valence-electron chi connectivity index (χ4n) is 2.66. The number of hydrogen-bond acceptors (Lipinski definition) is 5. The molecule has 0 saturated carbocycles. The molecule has 6 nitrogen and oxygen atoms in total. The van der Waals surface area contributed by atoms with Crippen LogP contribution in [-0.4, -0.2) is 27.0 Å². The lowest BCUT2D eigenvalue weighted by molar-refractivity contribution is -0.114. The van der Waals surface area contributed by atoms with Crippen LogP contribution in [0, 0.1) is 11.3 Å². The van der Waals surface area contributed by atoms with Gasteiger partial charge in [-0.25, -0.2) is 0 Å². The molecule has 9 heteroatoms. The van der Waals surface area contributed by atoms with Crippen LogP contribution in [0.1, 0.15) is 19.6 Å². The molecular formula is C19H14Cl2N4O2S. The molecule has 28 heavy (non-hydrogen) atoms. The maximum absolute atomic E-state index is 12.4. The van der Waals surface area contributed by atoms with Crippen LogP contribution >= 0.6 is 35.0 Å². The Bertz CT molecular complexity index is 1080. The van der Waals surface area contributed by atoms with E-state index < -0.39 is 5.91 Å². The standard InChI is InChI=1S/C19H14Cl2N4O2S/c1-9(2)18-24-25-16(22)14(17(26)23-19(25)28-18)8-13-3-4-15(27-13)10-5-11(20)7-12(21)6-10/h3-9,22H,1-2H3/b14-8+,22-16?. The summed E-state index contributed by atoms with van der Waals surface area (Å²) in [5.74, 6) is 0.630. The first kappa shape index (κ1) is 19.0. The zero-order valence-corrected chi connectivity index (χ0v) is 17.2. The fraction of sp³-hybridized carbons (Fsp3) is 0.158. The SMILES string of the molecule is CC(C)C1=NN2C(=N)/C(=C\c3ccc(-c4cc(Cl)cc(Cl)c4)o3)C(=O)N=C2S1. The lowest BCUT2D eigenvalue weighted by atomic mass is 10.1. The van der Waals surface area contributed by atoms with Crippen LogP contribution in [0.15, 0.2) is 50.4 Å². The van der Waals surface area contributed by atoms with Gasteiger partial charge in [0.05, 0.1) is 5.57 Å². The Morgan fingerprint density at radius 2 is 1.93 bits per heavy atom. The molecule has 1 aromatic heterocycles. The maximum Gasteiger partial charge on any atom is 0.283 e. The van der Waals surface area contributed by atoms with Gasteiger partial charge >= 0.3 is 0 Å². The van der Waals surface area contributed by atoms with Gasteiger partial charge in [-0.1, -0.05) is 37.0 Å². The summed E-state index contributed by atoms with van der Waals surface area (Å²) < 4.78 is 5.80. The van der Waals surface area contributed by atoms with Gasteiger partial charge in [0.2, 0.25) is 5.17 Å². The minimum Gasteiger partial charge on any atom is -0.457 e. The summed E-state index contributed by atoms with van der Waals surface area (Å²) in [6.07, 6.45) is 1.49. The van der Waals surface area contributed by atoms with Crippen molar-refractivity contribution < 1.29 is 9.21 Å². The molecule has 0 fully saturated rings. The number of thioether (sulfide) groups is 1. The minimum absolute atomic E-state index is 0.0260. The molecule has 0 bridgehead atoms. The number of amidine groups is 2. The van der Waals surface area contributed by atoms with Crippen molar-refractivity contribution in [1.82, 2.24) is 5.01 Å². The first-order chi connectivity index (χ1) is 13.3. The minimum atomic E-state index is -0.493. The molecule has 1 N–H and O–H groups in total. The second kappa shape index (κ2) is 7.24. The molecule has 0 unspecified atom stereocenters. The van der Waals surface area contributed by atoms with E-state index in [1.165, 1.54) is 22.8 Å². The highest BCUT2D eigenvalue weighted by molar-refractivity contribution is 8.27. The molecule has 142 valence electrons. The lowest BCUT2D eigenvalue weighted by Crippen LogP contribution is -2.35. The van der Waals surface area contributed by atoms with E-state index in [1.54, 1.807) is 30.3 Å². The number of carbonyl (C=O) groups is 1. The van der Waals surface area contributed by atoms with Crippen molar-refractivity contribution in [3.8, 4) is 11.3 Å². The van der Waals surface area contributed by atoms with Crippen molar-refractivity contribution >= 4 is 63.0 Å². The number of fused-ring (bicyclic) bond motifs is 1. The smallest absolute Gasteiger partial charge is 0.283 e. The third kappa shape index (κ3) is 3.53. The quantitative estimate of drug-likeness (QED) is 0.646. The van der Waals surface area contributed by atoms with Gasteiger partial charge in [0, 0.05) is 21.5 Å². The van der Waals surface area contributed by atoms with Gasteiger partial charge in [0.1, 0.15) is 16.6 Å². The van der Waals surface area contributed by atoms with Crippen LogP contribution in [-0.2, 0) is 4.79 Å². The van der Waals surface area contributed by atoms with Crippen molar-refractivity contribution in [2.75, 3.05) is 0 Å². The van der Waals surface area contributed by atoms with Gasteiger partial charge in [-0.2, -0.15) is 15.1 Å². The maximum atomic E-state index is 12.4. The number of carbonyl (C=O) groups excluding carboxylic acids is 1. The van der Waals surface area contributed by atoms with Crippen LogP contribution in [0.5, 0.6) is 0 Å². The van der Waals surface area contributed by atoms with E-state index in [9.17, 15) is 4.79 Å². The van der Waals surface area contributed by atoms with E-state index >= 15 is 0 Å². The Morgan fingerprint density at radius 1 is 1.21 bits per heavy atom. The molecule has 1 amide bonds. The lowest BCUT2D eigenvalue weighted by Gasteiger charge is -2.19. The largest absolute Gasteiger partial charge is 0.457 e. The predicted octanol–water partition coefficient (Wildman–Crippen LogP) is 5.53. The summed E-state index contributed by atoms with van der Waals surface area (Å²) in [4.78, 5) is 16.5. The third-order valence-corrected chi connectivity index (χ3v) is 5.67. The van der Waals surface area contributed by atoms with Crippen molar-refractivity contribution in [2.24, 2.45) is 16.0 Å². The Balaban J connectivity index is 1.66. The monoisotopic (exact) mass is 432 g/mol. The second-order valence-electron chi connectivity index (χ2n) is 6.47. The normalized spacial score (nSPS) is 18.0. The number of amides is 1. The second-order valence-corrected chi connectivity index (χ2v) is 8.33. The summed E-state index contributed by atoms with van der Waals surface area (Å²) in [5.41, 5.74) is 0.831. The average molecular weight is 433 g/mol. The van der Waals surface area contributed by atoms with E-state index in [0.29, 0.717) is 26.7 Å². The van der Waals surface area contributed by atoms with Crippen LogP contribution in [0.3, 0.4) is 0 Å². The van der Waals surface area contributed by atoms with E-state index in [-0.39, 0.29) is 17.3 Å². The van der Waals surface area contributed by atoms with Gasteiger partial charge in [-0.3, -0.25) is 10.2 Å². The summed E-state index contributed by atoms with van der Waals surface area (Å²) in [5, 5.41) is 16.4. The summed E-state index contributed by atoms with van der Waals surface area (Å²) >= 11 is 13.4. The van der Waals surface area contributed by atoms with E-state index in [0.717, 1.165) is 10.6 Å². The number of hydrogen-bond donors (Lipinski definition) is 1. The van der Waals surface area contributed by atoms with E-state index in [2.05, 4.69) is 10.1 Å². The van der Waals surface area contributed by atoms with Crippen molar-refractivity contribution in [3.63, 3.8) is 0 Å². The number of hydrazone groups is 1. The molecule has 0 radical (unpaired) electrons. The van der Waals surface area contributed by atoms with Crippen LogP contribution in [0.2, 0.25) is 10.0 Å². The highest BCUT2D eigenvalue weighted by atomic mass is 35.5. The molecule has 0 aliphatic carbocycles. The predicted molar refractivity (Wildman–Crippen MR) is 114 cm³/mol. The zero-order chi connectivity index (χ0) is 20.0. The average Bonchev–Trinajstić information content (AvgIpc) is 3.25. The Morgan fingerprint density at radius 3 is 2.61 bits per heavy atom. The number of nitrogens with one attached hydrogen (secondary N) is 1. The molecule has 0 atom stereocenters. The summed E-state index contributed by atoms with van der Waals surface area (Å²) in [6.45, 7) is 4.00. The molecule has 1 aromatic carbocycles. The Hall–Kier alpha value is -2.35. The van der Waals surface area contributed by atoms with Gasteiger partial charge in [0.15, 0.2) is 5.84 Å². The van der Waals surface area contributed by atoms with Crippen molar-refractivity contribution in [2.45, 2.75) is 13.8 Å².